The standard InChI is InChI=1S/C22H22BrClN2O4/c1-25(2)9-4-10-26-19(13-5-3-6-14(23)11-13)18(21(29)22(26)30)20(28)16-12-15(24)7-8-17(16)27/h3,5-8,11-12,19,27-28H,4,9-10H2,1-2H3/b20-18+. The van der Waals surface area contributed by atoms with Gasteiger partial charge in [0.15, 0.2) is 0 Å². The first-order chi connectivity index (χ1) is 14.2. The average Bonchev–Trinajstić information content (AvgIpc) is 2.94. The van der Waals surface area contributed by atoms with E-state index in [-0.39, 0.29) is 21.9 Å². The van der Waals surface area contributed by atoms with Crippen LogP contribution in [0.1, 0.15) is 23.6 Å². The van der Waals surface area contributed by atoms with Crippen molar-refractivity contribution in [2.75, 3.05) is 27.2 Å². The molecule has 1 atom stereocenters. The van der Waals surface area contributed by atoms with E-state index >= 15 is 0 Å². The van der Waals surface area contributed by atoms with Crippen LogP contribution in [0.4, 0.5) is 0 Å². The highest BCUT2D eigenvalue weighted by Crippen LogP contribution is 2.41. The summed E-state index contributed by atoms with van der Waals surface area (Å²) in [5.41, 5.74) is 0.616. The average molecular weight is 494 g/mol. The Morgan fingerprint density at radius 1 is 1.20 bits per heavy atom. The van der Waals surface area contributed by atoms with Crippen molar-refractivity contribution in [3.05, 3.63) is 68.7 Å². The van der Waals surface area contributed by atoms with Gasteiger partial charge in [-0.15, -0.1) is 0 Å². The second kappa shape index (κ2) is 9.20. The summed E-state index contributed by atoms with van der Waals surface area (Å²) in [7, 11) is 3.86. The van der Waals surface area contributed by atoms with Gasteiger partial charge in [-0.25, -0.2) is 0 Å². The van der Waals surface area contributed by atoms with Crippen LogP contribution in [0.25, 0.3) is 5.76 Å². The molecule has 8 heteroatoms. The molecule has 2 aromatic carbocycles. The first-order valence-corrected chi connectivity index (χ1v) is 10.5. The molecule has 2 N–H and O–H groups in total. The number of ketones is 1. The van der Waals surface area contributed by atoms with Crippen LogP contribution in [-0.4, -0.2) is 58.9 Å². The van der Waals surface area contributed by atoms with E-state index in [1.54, 1.807) is 18.2 Å². The number of Topliss-reactive ketones (excluding diaryl/α,β-unsaturated/α-hetero) is 1. The van der Waals surface area contributed by atoms with Crippen molar-refractivity contribution in [3.63, 3.8) is 0 Å². The predicted octanol–water partition coefficient (Wildman–Crippen LogP) is 4.18. The molecule has 6 nitrogen and oxygen atoms in total. The normalized spacial score (nSPS) is 18.4. The molecular formula is C22H22BrClN2O4. The van der Waals surface area contributed by atoms with Crippen molar-refractivity contribution >= 4 is 45.0 Å². The molecule has 1 heterocycles. The summed E-state index contributed by atoms with van der Waals surface area (Å²) >= 11 is 9.44. The van der Waals surface area contributed by atoms with Crippen molar-refractivity contribution in [1.29, 1.82) is 0 Å². The van der Waals surface area contributed by atoms with Crippen LogP contribution >= 0.6 is 27.5 Å². The quantitative estimate of drug-likeness (QED) is 0.358. The minimum atomic E-state index is -0.790. The Hall–Kier alpha value is -2.35. The predicted molar refractivity (Wildman–Crippen MR) is 119 cm³/mol. The molecule has 1 unspecified atom stereocenters. The third-order valence-corrected chi connectivity index (χ3v) is 5.65. The molecule has 0 saturated carbocycles. The lowest BCUT2D eigenvalue weighted by Crippen LogP contribution is -2.32. The molecule has 0 aromatic heterocycles. The fourth-order valence-electron chi connectivity index (χ4n) is 3.53. The molecule has 1 aliphatic rings. The molecular weight excluding hydrogens is 472 g/mol. The van der Waals surface area contributed by atoms with E-state index in [1.165, 1.54) is 23.1 Å². The van der Waals surface area contributed by atoms with Crippen LogP contribution in [0.3, 0.4) is 0 Å². The van der Waals surface area contributed by atoms with Gasteiger partial charge in [-0.1, -0.05) is 39.7 Å². The molecule has 1 amide bonds. The number of phenolic OH excluding ortho intramolecular Hbond substituents is 1. The maximum absolute atomic E-state index is 12.9. The van der Waals surface area contributed by atoms with Crippen LogP contribution in [-0.2, 0) is 9.59 Å². The van der Waals surface area contributed by atoms with Crippen LogP contribution in [0, 0.1) is 0 Å². The number of phenols is 1. The lowest BCUT2D eigenvalue weighted by Gasteiger charge is -2.26. The monoisotopic (exact) mass is 492 g/mol. The van der Waals surface area contributed by atoms with E-state index in [0.717, 1.165) is 11.0 Å². The van der Waals surface area contributed by atoms with E-state index in [2.05, 4.69) is 15.9 Å². The topological polar surface area (TPSA) is 81.1 Å². The number of carbonyl (C=O) groups is 2. The zero-order chi connectivity index (χ0) is 22.0. The molecule has 0 spiro atoms. The minimum absolute atomic E-state index is 0.00814. The number of likely N-dealkylation sites (tertiary alicyclic amines) is 1. The van der Waals surface area contributed by atoms with Crippen LogP contribution < -0.4 is 0 Å². The highest BCUT2D eigenvalue weighted by atomic mass is 79.9. The van der Waals surface area contributed by atoms with Crippen LogP contribution in [0.2, 0.25) is 5.02 Å². The first kappa shape index (κ1) is 22.3. The largest absolute Gasteiger partial charge is 0.507 e. The Kier molecular flexibility index (Phi) is 6.85. The van der Waals surface area contributed by atoms with Gasteiger partial charge >= 0.3 is 0 Å². The highest BCUT2D eigenvalue weighted by molar-refractivity contribution is 9.10. The fourth-order valence-corrected chi connectivity index (χ4v) is 4.12. The SMILES string of the molecule is CN(C)CCCN1C(=O)C(=O)/C(=C(/O)c2cc(Cl)ccc2O)C1c1cccc(Br)c1. The van der Waals surface area contributed by atoms with E-state index < -0.39 is 23.5 Å². The number of carbonyl (C=O) groups excluding carboxylic acids is 2. The maximum Gasteiger partial charge on any atom is 0.295 e. The van der Waals surface area contributed by atoms with Gasteiger partial charge in [-0.3, -0.25) is 9.59 Å². The van der Waals surface area contributed by atoms with E-state index in [0.29, 0.717) is 18.5 Å². The molecule has 3 rings (SSSR count). The second-order valence-corrected chi connectivity index (χ2v) is 8.72. The minimum Gasteiger partial charge on any atom is -0.507 e. The van der Waals surface area contributed by atoms with E-state index in [9.17, 15) is 19.8 Å². The smallest absolute Gasteiger partial charge is 0.295 e. The Labute approximate surface area is 188 Å². The number of rotatable bonds is 6. The Morgan fingerprint density at radius 2 is 1.93 bits per heavy atom. The Bertz CT molecular complexity index is 1020. The molecule has 0 bridgehead atoms. The van der Waals surface area contributed by atoms with E-state index in [4.69, 9.17) is 11.6 Å². The molecule has 2 aromatic rings. The lowest BCUT2D eigenvalue weighted by molar-refractivity contribution is -0.139. The number of aliphatic hydroxyl groups excluding tert-OH is 1. The summed E-state index contributed by atoms with van der Waals surface area (Å²) in [6, 6.07) is 10.6. The first-order valence-electron chi connectivity index (χ1n) is 9.38. The van der Waals surface area contributed by atoms with E-state index in [1.807, 2.05) is 25.1 Å². The molecule has 158 valence electrons. The molecule has 1 aliphatic heterocycles. The van der Waals surface area contributed by atoms with Crippen molar-refractivity contribution in [2.45, 2.75) is 12.5 Å². The maximum atomic E-state index is 12.9. The number of halogens is 2. The fraction of sp³-hybridized carbons (Fsp3) is 0.273. The number of amides is 1. The summed E-state index contributed by atoms with van der Waals surface area (Å²) < 4.78 is 0.782. The van der Waals surface area contributed by atoms with Crippen molar-refractivity contribution in [1.82, 2.24) is 9.80 Å². The third kappa shape index (κ3) is 4.53. The van der Waals surface area contributed by atoms with Gasteiger partial charge in [0, 0.05) is 16.0 Å². The molecule has 1 fully saturated rings. The van der Waals surface area contributed by atoms with Crippen molar-refractivity contribution in [3.8, 4) is 5.75 Å². The van der Waals surface area contributed by atoms with Crippen molar-refractivity contribution in [2.24, 2.45) is 0 Å². The second-order valence-electron chi connectivity index (χ2n) is 7.37. The molecule has 1 saturated heterocycles. The van der Waals surface area contributed by atoms with Crippen LogP contribution in [0.15, 0.2) is 52.5 Å². The van der Waals surface area contributed by atoms with Gasteiger partial charge in [0.05, 0.1) is 17.2 Å². The summed E-state index contributed by atoms with van der Waals surface area (Å²) in [6.45, 7) is 1.08. The number of hydrogen-bond acceptors (Lipinski definition) is 5. The third-order valence-electron chi connectivity index (χ3n) is 4.92. The zero-order valence-corrected chi connectivity index (χ0v) is 18.9. The molecule has 30 heavy (non-hydrogen) atoms. The molecule has 0 aliphatic carbocycles. The van der Waals surface area contributed by atoms with Gasteiger partial charge in [0.25, 0.3) is 11.7 Å². The number of hydrogen-bond donors (Lipinski definition) is 2. The number of aromatic hydroxyl groups is 1. The highest BCUT2D eigenvalue weighted by Gasteiger charge is 2.46. The Morgan fingerprint density at radius 3 is 2.60 bits per heavy atom. The van der Waals surface area contributed by atoms with Gasteiger partial charge in [0.2, 0.25) is 0 Å². The van der Waals surface area contributed by atoms with Gasteiger partial charge in [-0.2, -0.15) is 0 Å². The zero-order valence-electron chi connectivity index (χ0n) is 16.6. The summed E-state index contributed by atoms with van der Waals surface area (Å²) in [6.07, 6.45) is 0.660. The van der Waals surface area contributed by atoms with Crippen LogP contribution in [0.5, 0.6) is 5.75 Å². The summed E-state index contributed by atoms with van der Waals surface area (Å²) in [4.78, 5) is 29.3. The lowest BCUT2D eigenvalue weighted by atomic mass is 9.95. The number of aliphatic hydroxyl groups is 1. The van der Waals surface area contributed by atoms with Gasteiger partial charge in [-0.05, 0) is 63.0 Å². The van der Waals surface area contributed by atoms with Gasteiger partial charge in [0.1, 0.15) is 11.5 Å². The molecule has 0 radical (unpaired) electrons. The summed E-state index contributed by atoms with van der Waals surface area (Å²) in [5, 5.41) is 21.5. The number of nitrogens with zero attached hydrogens (tertiary/aromatic N) is 2. The number of benzene rings is 2. The summed E-state index contributed by atoms with van der Waals surface area (Å²) in [5.74, 6) is -2.15. The van der Waals surface area contributed by atoms with Gasteiger partial charge < -0.3 is 20.0 Å². The van der Waals surface area contributed by atoms with Crippen molar-refractivity contribution < 1.29 is 19.8 Å². The Balaban J connectivity index is 2.15.